The molecule has 20 heavy (non-hydrogen) atoms. The van der Waals surface area contributed by atoms with Gasteiger partial charge in [-0.3, -0.25) is 4.79 Å². The number of aromatic nitrogens is 1. The van der Waals surface area contributed by atoms with Crippen LogP contribution in [0.5, 0.6) is 0 Å². The fourth-order valence-corrected chi connectivity index (χ4v) is 2.30. The van der Waals surface area contributed by atoms with Crippen molar-refractivity contribution in [3.05, 3.63) is 23.9 Å². The van der Waals surface area contributed by atoms with Crippen LogP contribution in [0.2, 0.25) is 0 Å². The van der Waals surface area contributed by atoms with Crippen molar-refractivity contribution < 1.29 is 4.79 Å². The van der Waals surface area contributed by atoms with Crippen LogP contribution in [0.4, 0.5) is 5.82 Å². The topological polar surface area (TPSA) is 48.5 Å². The Morgan fingerprint density at radius 3 is 2.80 bits per heavy atom. The highest BCUT2D eigenvalue weighted by Crippen LogP contribution is 2.14. The molecule has 0 saturated carbocycles. The Hall–Kier alpha value is -1.62. The number of carbonyl (C=O) groups excluding carboxylic acids is 1. The molecule has 0 radical (unpaired) electrons. The Labute approximate surface area is 121 Å². The summed E-state index contributed by atoms with van der Waals surface area (Å²) >= 11 is 0. The van der Waals surface area contributed by atoms with Crippen LogP contribution < -0.4 is 10.2 Å². The zero-order valence-corrected chi connectivity index (χ0v) is 12.4. The van der Waals surface area contributed by atoms with Crippen molar-refractivity contribution in [1.29, 1.82) is 0 Å². The molecule has 1 fully saturated rings. The van der Waals surface area contributed by atoms with E-state index in [4.69, 9.17) is 0 Å². The number of nitrogens with zero attached hydrogens (tertiary/aromatic N) is 3. The van der Waals surface area contributed by atoms with Crippen LogP contribution in [0.15, 0.2) is 18.3 Å². The molecule has 5 nitrogen and oxygen atoms in total. The van der Waals surface area contributed by atoms with E-state index in [1.165, 1.54) is 0 Å². The highest BCUT2D eigenvalue weighted by Gasteiger charge is 2.15. The average molecular weight is 276 g/mol. The molecule has 1 aromatic heterocycles. The number of rotatable bonds is 5. The quantitative estimate of drug-likeness (QED) is 0.879. The standard InChI is InChI=1S/C15H24N4O/c1-3-4-15(20)17-12-13-5-6-16-14(11-13)19-9-7-18(2)8-10-19/h5-6,11H,3-4,7-10,12H2,1-2H3,(H,17,20). The average Bonchev–Trinajstić information content (AvgIpc) is 2.47. The Morgan fingerprint density at radius 2 is 2.10 bits per heavy atom. The number of hydrogen-bond donors (Lipinski definition) is 1. The molecule has 0 bridgehead atoms. The lowest BCUT2D eigenvalue weighted by molar-refractivity contribution is -0.121. The van der Waals surface area contributed by atoms with E-state index in [1.807, 2.05) is 19.2 Å². The van der Waals surface area contributed by atoms with Crippen molar-refractivity contribution in [1.82, 2.24) is 15.2 Å². The molecule has 1 saturated heterocycles. The van der Waals surface area contributed by atoms with Crippen LogP contribution >= 0.6 is 0 Å². The van der Waals surface area contributed by atoms with Crippen LogP contribution in [0, 0.1) is 0 Å². The lowest BCUT2D eigenvalue weighted by Crippen LogP contribution is -2.44. The van der Waals surface area contributed by atoms with Crippen LogP contribution in [-0.4, -0.2) is 49.0 Å². The van der Waals surface area contributed by atoms with E-state index in [0.29, 0.717) is 13.0 Å². The summed E-state index contributed by atoms with van der Waals surface area (Å²) in [6, 6.07) is 4.04. The maximum Gasteiger partial charge on any atom is 0.220 e. The van der Waals surface area contributed by atoms with Gasteiger partial charge in [0.05, 0.1) is 0 Å². The van der Waals surface area contributed by atoms with E-state index < -0.39 is 0 Å². The smallest absolute Gasteiger partial charge is 0.220 e. The molecule has 110 valence electrons. The van der Waals surface area contributed by atoms with Crippen LogP contribution in [0.3, 0.4) is 0 Å². The van der Waals surface area contributed by atoms with Crippen LogP contribution in [0.1, 0.15) is 25.3 Å². The predicted octanol–water partition coefficient (Wildman–Crippen LogP) is 1.25. The Morgan fingerprint density at radius 1 is 1.35 bits per heavy atom. The van der Waals surface area contributed by atoms with Gasteiger partial charge in [-0.05, 0) is 31.2 Å². The summed E-state index contributed by atoms with van der Waals surface area (Å²) in [6.07, 6.45) is 3.31. The third-order valence-corrected chi connectivity index (χ3v) is 3.60. The van der Waals surface area contributed by atoms with Gasteiger partial charge in [0.25, 0.3) is 0 Å². The van der Waals surface area contributed by atoms with E-state index in [2.05, 4.69) is 33.2 Å². The molecule has 5 heteroatoms. The van der Waals surface area contributed by atoms with Crippen molar-refractivity contribution in [3.8, 4) is 0 Å². The molecule has 0 spiro atoms. The van der Waals surface area contributed by atoms with Gasteiger partial charge in [0.1, 0.15) is 5.82 Å². The minimum absolute atomic E-state index is 0.116. The predicted molar refractivity (Wildman–Crippen MR) is 80.7 cm³/mol. The van der Waals surface area contributed by atoms with E-state index >= 15 is 0 Å². The molecule has 1 amide bonds. The van der Waals surface area contributed by atoms with Crippen LogP contribution in [-0.2, 0) is 11.3 Å². The van der Waals surface area contributed by atoms with Gasteiger partial charge >= 0.3 is 0 Å². The minimum atomic E-state index is 0.116. The molecule has 0 unspecified atom stereocenters. The van der Waals surface area contributed by atoms with Gasteiger partial charge in [-0.2, -0.15) is 0 Å². The maximum atomic E-state index is 11.5. The lowest BCUT2D eigenvalue weighted by atomic mass is 10.2. The number of pyridine rings is 1. The number of amides is 1. The van der Waals surface area contributed by atoms with Gasteiger partial charge < -0.3 is 15.1 Å². The minimum Gasteiger partial charge on any atom is -0.354 e. The van der Waals surface area contributed by atoms with E-state index in [9.17, 15) is 4.79 Å². The van der Waals surface area contributed by atoms with Crippen molar-refractivity contribution in [2.24, 2.45) is 0 Å². The van der Waals surface area contributed by atoms with Gasteiger partial charge in [0.2, 0.25) is 5.91 Å². The summed E-state index contributed by atoms with van der Waals surface area (Å²) in [7, 11) is 2.14. The molecule has 0 aromatic carbocycles. The van der Waals surface area contributed by atoms with E-state index in [1.54, 1.807) is 0 Å². The second-order valence-electron chi connectivity index (χ2n) is 5.34. The molecule has 1 aliphatic rings. The molecule has 2 heterocycles. The number of nitrogens with one attached hydrogen (secondary N) is 1. The van der Waals surface area contributed by atoms with Crippen LogP contribution in [0.25, 0.3) is 0 Å². The monoisotopic (exact) mass is 276 g/mol. The third-order valence-electron chi connectivity index (χ3n) is 3.60. The number of likely N-dealkylation sites (N-methyl/N-ethyl adjacent to an activating group) is 1. The van der Waals surface area contributed by atoms with Crippen molar-refractivity contribution in [2.45, 2.75) is 26.3 Å². The molecule has 1 aliphatic heterocycles. The largest absolute Gasteiger partial charge is 0.354 e. The first-order valence-corrected chi connectivity index (χ1v) is 7.34. The maximum absolute atomic E-state index is 11.5. The molecular weight excluding hydrogens is 252 g/mol. The summed E-state index contributed by atoms with van der Waals surface area (Å²) in [6.45, 7) is 6.75. The van der Waals surface area contributed by atoms with Gasteiger partial charge in [-0.1, -0.05) is 6.92 Å². The van der Waals surface area contributed by atoms with E-state index in [0.717, 1.165) is 44.0 Å². The SMILES string of the molecule is CCCC(=O)NCc1ccnc(N2CCN(C)CC2)c1. The van der Waals surface area contributed by atoms with Gasteiger partial charge in [0, 0.05) is 45.3 Å². The van der Waals surface area contributed by atoms with Crippen molar-refractivity contribution >= 4 is 11.7 Å². The molecule has 0 aliphatic carbocycles. The summed E-state index contributed by atoms with van der Waals surface area (Å²) in [5.41, 5.74) is 1.11. The summed E-state index contributed by atoms with van der Waals surface area (Å²) in [5.74, 6) is 1.13. The molecule has 1 aromatic rings. The summed E-state index contributed by atoms with van der Waals surface area (Å²) < 4.78 is 0. The van der Waals surface area contributed by atoms with Gasteiger partial charge in [-0.15, -0.1) is 0 Å². The van der Waals surface area contributed by atoms with Crippen molar-refractivity contribution in [3.63, 3.8) is 0 Å². The Bertz CT molecular complexity index is 441. The molecule has 2 rings (SSSR count). The summed E-state index contributed by atoms with van der Waals surface area (Å²) in [4.78, 5) is 20.6. The zero-order valence-electron chi connectivity index (χ0n) is 12.4. The number of piperazine rings is 1. The van der Waals surface area contributed by atoms with Gasteiger partial charge in [0.15, 0.2) is 0 Å². The fourth-order valence-electron chi connectivity index (χ4n) is 2.30. The fraction of sp³-hybridized carbons (Fsp3) is 0.600. The first-order chi connectivity index (χ1) is 9.69. The Kier molecular flexibility index (Phi) is 5.35. The zero-order chi connectivity index (χ0) is 14.4. The first kappa shape index (κ1) is 14.8. The molecule has 1 N–H and O–H groups in total. The second-order valence-corrected chi connectivity index (χ2v) is 5.34. The van der Waals surface area contributed by atoms with E-state index in [-0.39, 0.29) is 5.91 Å². The molecular formula is C15H24N4O. The highest BCUT2D eigenvalue weighted by molar-refractivity contribution is 5.75. The number of anilines is 1. The number of carbonyl (C=O) groups is 1. The highest BCUT2D eigenvalue weighted by atomic mass is 16.1. The van der Waals surface area contributed by atoms with Crippen molar-refractivity contribution in [2.75, 3.05) is 38.1 Å². The second kappa shape index (κ2) is 7.24. The third kappa shape index (κ3) is 4.20. The lowest BCUT2D eigenvalue weighted by Gasteiger charge is -2.33. The summed E-state index contributed by atoms with van der Waals surface area (Å²) in [5, 5.41) is 2.94. The molecule has 0 atom stereocenters. The number of hydrogen-bond acceptors (Lipinski definition) is 4. The normalized spacial score (nSPS) is 16.2. The first-order valence-electron chi connectivity index (χ1n) is 7.34. The van der Waals surface area contributed by atoms with Gasteiger partial charge in [-0.25, -0.2) is 4.98 Å². The Balaban J connectivity index is 1.92.